The first-order chi connectivity index (χ1) is 11.4. The Hall–Kier alpha value is -0.340. The van der Waals surface area contributed by atoms with E-state index < -0.39 is 0 Å². The normalized spacial score (nSPS) is 20.8. The Labute approximate surface area is 167 Å². The molecule has 24 heavy (non-hydrogen) atoms. The van der Waals surface area contributed by atoms with Crippen molar-refractivity contribution in [3.8, 4) is 0 Å². The molecule has 1 aromatic heterocycles. The number of guanidine groups is 1. The summed E-state index contributed by atoms with van der Waals surface area (Å²) in [7, 11) is 0. The van der Waals surface area contributed by atoms with Crippen LogP contribution in [0, 0.1) is 0 Å². The second kappa shape index (κ2) is 10.6. The lowest BCUT2D eigenvalue weighted by molar-refractivity contribution is 0.255. The summed E-state index contributed by atoms with van der Waals surface area (Å²) < 4.78 is 0. The van der Waals surface area contributed by atoms with Crippen LogP contribution in [-0.2, 0) is 0 Å². The summed E-state index contributed by atoms with van der Waals surface area (Å²) in [6.45, 7) is 6.34. The van der Waals surface area contributed by atoms with E-state index in [4.69, 9.17) is 4.99 Å². The summed E-state index contributed by atoms with van der Waals surface area (Å²) in [4.78, 5) is 8.99. The second-order valence-corrected chi connectivity index (χ2v) is 7.60. The minimum atomic E-state index is 0. The molecule has 1 saturated heterocycles. The third-order valence-electron chi connectivity index (χ3n) is 4.92. The average molecular weight is 462 g/mol. The van der Waals surface area contributed by atoms with Gasteiger partial charge in [-0.05, 0) is 57.1 Å². The first kappa shape index (κ1) is 20.0. The van der Waals surface area contributed by atoms with E-state index in [0.29, 0.717) is 12.1 Å². The molecular formula is C18H31IN4S. The van der Waals surface area contributed by atoms with Crippen LogP contribution in [0.25, 0.3) is 0 Å². The van der Waals surface area contributed by atoms with Crippen molar-refractivity contribution in [2.45, 2.75) is 57.5 Å². The maximum Gasteiger partial charge on any atom is 0.191 e. The monoisotopic (exact) mass is 462 g/mol. The van der Waals surface area contributed by atoms with E-state index in [0.717, 1.165) is 19.0 Å². The minimum absolute atomic E-state index is 0. The molecule has 2 aliphatic rings. The largest absolute Gasteiger partial charge is 0.357 e. The molecule has 2 heterocycles. The molecule has 0 bridgehead atoms. The predicted octanol–water partition coefficient (Wildman–Crippen LogP) is 4.00. The molecular weight excluding hydrogens is 431 g/mol. The molecule has 1 atom stereocenters. The van der Waals surface area contributed by atoms with E-state index >= 15 is 0 Å². The van der Waals surface area contributed by atoms with E-state index in [-0.39, 0.29) is 24.0 Å². The van der Waals surface area contributed by atoms with Crippen molar-refractivity contribution in [2.24, 2.45) is 4.99 Å². The number of thiophene rings is 1. The van der Waals surface area contributed by atoms with Crippen molar-refractivity contribution in [2.75, 3.05) is 26.2 Å². The van der Waals surface area contributed by atoms with Crippen LogP contribution in [0.5, 0.6) is 0 Å². The number of nitrogens with one attached hydrogen (secondary N) is 2. The van der Waals surface area contributed by atoms with Gasteiger partial charge in [-0.1, -0.05) is 18.9 Å². The Bertz CT molecular complexity index is 479. The Morgan fingerprint density at radius 1 is 1.29 bits per heavy atom. The molecule has 1 aliphatic heterocycles. The quantitative estimate of drug-likeness (QED) is 0.382. The van der Waals surface area contributed by atoms with Gasteiger partial charge in [0.25, 0.3) is 0 Å². The molecule has 1 aromatic rings. The van der Waals surface area contributed by atoms with Crippen molar-refractivity contribution < 1.29 is 0 Å². The fraction of sp³-hybridized carbons (Fsp3) is 0.722. The first-order valence-electron chi connectivity index (χ1n) is 9.19. The van der Waals surface area contributed by atoms with Gasteiger partial charge in [-0.3, -0.25) is 9.89 Å². The molecule has 0 amide bonds. The van der Waals surface area contributed by atoms with Crippen molar-refractivity contribution in [3.05, 3.63) is 22.4 Å². The second-order valence-electron chi connectivity index (χ2n) is 6.62. The standard InChI is InChI=1S/C18H30N4S.HI/c1-2-19-18(21-15-8-3-4-9-15)20-14-16(17-10-7-13-23-17)22-11-5-6-12-22;/h7,10,13,15-16H,2-6,8-9,11-12,14H2,1H3,(H2,19,20,21);1H. The topological polar surface area (TPSA) is 39.7 Å². The number of aliphatic imine (C=N–C) groups is 1. The minimum Gasteiger partial charge on any atom is -0.357 e. The summed E-state index contributed by atoms with van der Waals surface area (Å²) in [5.41, 5.74) is 0. The van der Waals surface area contributed by atoms with Crippen molar-refractivity contribution >= 4 is 41.3 Å². The van der Waals surface area contributed by atoms with Crippen molar-refractivity contribution in [1.82, 2.24) is 15.5 Å². The van der Waals surface area contributed by atoms with E-state index in [1.807, 2.05) is 11.3 Å². The first-order valence-corrected chi connectivity index (χ1v) is 10.1. The Morgan fingerprint density at radius 3 is 2.67 bits per heavy atom. The number of nitrogens with zero attached hydrogens (tertiary/aromatic N) is 2. The fourth-order valence-corrected chi connectivity index (χ4v) is 4.53. The molecule has 2 fully saturated rings. The summed E-state index contributed by atoms with van der Waals surface area (Å²) >= 11 is 1.86. The lowest BCUT2D eigenvalue weighted by Gasteiger charge is -2.26. The lowest BCUT2D eigenvalue weighted by atomic mass is 10.2. The summed E-state index contributed by atoms with van der Waals surface area (Å²) in [5.74, 6) is 1.00. The summed E-state index contributed by atoms with van der Waals surface area (Å²) in [6.07, 6.45) is 7.92. The fourth-order valence-electron chi connectivity index (χ4n) is 3.68. The van der Waals surface area contributed by atoms with E-state index in [1.165, 1.54) is 56.5 Å². The maximum absolute atomic E-state index is 4.94. The molecule has 1 saturated carbocycles. The molecule has 3 rings (SSSR count). The van der Waals surface area contributed by atoms with Gasteiger partial charge >= 0.3 is 0 Å². The van der Waals surface area contributed by atoms with Gasteiger partial charge < -0.3 is 10.6 Å². The van der Waals surface area contributed by atoms with Gasteiger partial charge in [0.1, 0.15) is 0 Å². The summed E-state index contributed by atoms with van der Waals surface area (Å²) in [6, 6.07) is 5.48. The van der Waals surface area contributed by atoms with Crippen LogP contribution in [0.2, 0.25) is 0 Å². The number of hydrogen-bond donors (Lipinski definition) is 2. The molecule has 136 valence electrons. The highest BCUT2D eigenvalue weighted by Gasteiger charge is 2.24. The molecule has 0 radical (unpaired) electrons. The molecule has 2 N–H and O–H groups in total. The lowest BCUT2D eigenvalue weighted by Crippen LogP contribution is -2.43. The molecule has 6 heteroatoms. The van der Waals surface area contributed by atoms with Gasteiger partial charge in [-0.2, -0.15) is 0 Å². The molecule has 0 spiro atoms. The Balaban J connectivity index is 0.00000208. The third kappa shape index (κ3) is 5.59. The number of rotatable bonds is 6. The predicted molar refractivity (Wildman–Crippen MR) is 115 cm³/mol. The highest BCUT2D eigenvalue weighted by molar-refractivity contribution is 14.0. The smallest absolute Gasteiger partial charge is 0.191 e. The number of likely N-dealkylation sites (tertiary alicyclic amines) is 1. The number of hydrogen-bond acceptors (Lipinski definition) is 3. The van der Waals surface area contributed by atoms with Gasteiger partial charge in [-0.25, -0.2) is 0 Å². The molecule has 1 aliphatic carbocycles. The van der Waals surface area contributed by atoms with Crippen LogP contribution < -0.4 is 10.6 Å². The van der Waals surface area contributed by atoms with Gasteiger partial charge in [0.2, 0.25) is 0 Å². The van der Waals surface area contributed by atoms with Crippen molar-refractivity contribution in [3.63, 3.8) is 0 Å². The third-order valence-corrected chi connectivity index (χ3v) is 5.89. The highest BCUT2D eigenvalue weighted by Crippen LogP contribution is 2.28. The van der Waals surface area contributed by atoms with Crippen LogP contribution in [0.4, 0.5) is 0 Å². The highest BCUT2D eigenvalue weighted by atomic mass is 127. The van der Waals surface area contributed by atoms with Crippen LogP contribution in [0.3, 0.4) is 0 Å². The van der Waals surface area contributed by atoms with E-state index in [9.17, 15) is 0 Å². The molecule has 0 aromatic carbocycles. The molecule has 4 nitrogen and oxygen atoms in total. The SMILES string of the molecule is CCNC(=NCC(c1cccs1)N1CCCC1)NC1CCCC1.I. The van der Waals surface area contributed by atoms with Gasteiger partial charge in [0.15, 0.2) is 5.96 Å². The van der Waals surface area contributed by atoms with Gasteiger partial charge in [0.05, 0.1) is 12.6 Å². The van der Waals surface area contributed by atoms with Crippen LogP contribution in [-0.4, -0.2) is 43.1 Å². The van der Waals surface area contributed by atoms with E-state index in [1.54, 1.807) is 0 Å². The average Bonchev–Trinajstić information content (AvgIpc) is 3.32. The number of halogens is 1. The van der Waals surface area contributed by atoms with E-state index in [2.05, 4.69) is 40.0 Å². The van der Waals surface area contributed by atoms with Crippen molar-refractivity contribution in [1.29, 1.82) is 0 Å². The zero-order valence-corrected chi connectivity index (χ0v) is 17.8. The van der Waals surface area contributed by atoms with Crippen LogP contribution in [0.1, 0.15) is 56.4 Å². The van der Waals surface area contributed by atoms with Gasteiger partial charge in [-0.15, -0.1) is 35.3 Å². The zero-order valence-electron chi connectivity index (χ0n) is 14.7. The summed E-state index contributed by atoms with van der Waals surface area (Å²) in [5, 5.41) is 9.24. The maximum atomic E-state index is 4.94. The Morgan fingerprint density at radius 2 is 2.04 bits per heavy atom. The van der Waals surface area contributed by atoms with Gasteiger partial charge in [0, 0.05) is 17.5 Å². The zero-order chi connectivity index (χ0) is 15.9. The van der Waals surface area contributed by atoms with Crippen LogP contribution in [0.15, 0.2) is 22.5 Å². The Kier molecular flexibility index (Phi) is 8.83. The van der Waals surface area contributed by atoms with Crippen LogP contribution >= 0.6 is 35.3 Å². The molecule has 1 unspecified atom stereocenters.